The average molecular weight is 272 g/mol. The first kappa shape index (κ1) is 14.5. The van der Waals surface area contributed by atoms with Crippen molar-refractivity contribution in [2.75, 3.05) is 0 Å². The number of rotatable bonds is 5. The Hall–Kier alpha value is -1.90. The number of aliphatic hydroxyl groups is 1. The summed E-state index contributed by atoms with van der Waals surface area (Å²) in [5.74, 6) is -1.17. The predicted octanol–water partition coefficient (Wildman–Crippen LogP) is 3.94. The molecule has 0 radical (unpaired) electrons. The van der Waals surface area contributed by atoms with Crippen molar-refractivity contribution in [2.24, 2.45) is 5.92 Å². The summed E-state index contributed by atoms with van der Waals surface area (Å²) in [6.07, 6.45) is 4.01. The minimum Gasteiger partial charge on any atom is -0.507 e. The highest BCUT2D eigenvalue weighted by Crippen LogP contribution is 2.33. The summed E-state index contributed by atoms with van der Waals surface area (Å²) in [6.45, 7) is 4.02. The van der Waals surface area contributed by atoms with Gasteiger partial charge in [-0.2, -0.15) is 0 Å². The topological polar surface area (TPSA) is 54.4 Å². The van der Waals surface area contributed by atoms with Crippen molar-refractivity contribution < 1.29 is 14.7 Å². The average Bonchev–Trinajstić information content (AvgIpc) is 2.45. The second kappa shape index (κ2) is 6.04. The molecule has 3 heteroatoms. The minimum absolute atomic E-state index is 0.0193. The van der Waals surface area contributed by atoms with Crippen molar-refractivity contribution in [2.45, 2.75) is 39.5 Å². The van der Waals surface area contributed by atoms with Crippen LogP contribution < -0.4 is 0 Å². The van der Waals surface area contributed by atoms with E-state index in [2.05, 4.69) is 6.92 Å². The van der Waals surface area contributed by atoms with Gasteiger partial charge < -0.3 is 5.11 Å². The molecule has 1 N–H and O–H groups in total. The van der Waals surface area contributed by atoms with Gasteiger partial charge in [0.05, 0.1) is 0 Å². The quantitative estimate of drug-likeness (QED) is 0.652. The Balaban J connectivity index is 2.36. The molecule has 20 heavy (non-hydrogen) atoms. The first-order valence-corrected chi connectivity index (χ1v) is 7.19. The predicted molar refractivity (Wildman–Crippen MR) is 78.6 cm³/mol. The summed E-state index contributed by atoms with van der Waals surface area (Å²) in [7, 11) is 0. The molecule has 0 bridgehead atoms. The molecule has 1 atom stereocenters. The molecule has 1 aliphatic carbocycles. The van der Waals surface area contributed by atoms with Crippen molar-refractivity contribution in [3.63, 3.8) is 0 Å². The molecule has 1 aromatic carbocycles. The smallest absolute Gasteiger partial charge is 0.234 e. The molecule has 0 fully saturated rings. The lowest BCUT2D eigenvalue weighted by atomic mass is 9.81. The molecule has 0 saturated heterocycles. The first-order chi connectivity index (χ1) is 9.57. The molecule has 2 rings (SSSR count). The van der Waals surface area contributed by atoms with E-state index in [0.29, 0.717) is 11.1 Å². The Kier molecular flexibility index (Phi) is 4.38. The van der Waals surface area contributed by atoms with Gasteiger partial charge in [-0.15, -0.1) is 0 Å². The van der Waals surface area contributed by atoms with Crippen LogP contribution in [0.25, 0.3) is 5.76 Å². The number of Topliss-reactive ketones (excluding diaryl/α,β-unsaturated/α-hetero) is 2. The van der Waals surface area contributed by atoms with Crippen molar-refractivity contribution in [1.29, 1.82) is 0 Å². The van der Waals surface area contributed by atoms with Gasteiger partial charge in [0.15, 0.2) is 0 Å². The van der Waals surface area contributed by atoms with E-state index >= 15 is 0 Å². The number of benzene rings is 1. The fourth-order valence-corrected chi connectivity index (χ4v) is 2.69. The molecule has 0 aromatic heterocycles. The third-order valence-corrected chi connectivity index (χ3v) is 3.87. The number of hydrogen-bond donors (Lipinski definition) is 1. The van der Waals surface area contributed by atoms with E-state index in [4.69, 9.17) is 0 Å². The van der Waals surface area contributed by atoms with Crippen LogP contribution in [0.4, 0.5) is 0 Å². The molecule has 106 valence electrons. The van der Waals surface area contributed by atoms with Crippen LogP contribution in [-0.2, 0) is 4.79 Å². The minimum atomic E-state index is -0.551. The third-order valence-electron chi connectivity index (χ3n) is 3.87. The van der Waals surface area contributed by atoms with Gasteiger partial charge >= 0.3 is 0 Å². The molecule has 3 nitrogen and oxygen atoms in total. The Morgan fingerprint density at radius 3 is 2.35 bits per heavy atom. The van der Waals surface area contributed by atoms with E-state index in [0.717, 1.165) is 25.7 Å². The van der Waals surface area contributed by atoms with E-state index in [1.54, 1.807) is 24.3 Å². The lowest BCUT2D eigenvalue weighted by Gasteiger charge is -2.22. The van der Waals surface area contributed by atoms with Gasteiger partial charge in [-0.05, 0) is 12.3 Å². The molecule has 0 aliphatic heterocycles. The highest BCUT2D eigenvalue weighted by molar-refractivity contribution is 6.52. The Bertz CT molecular complexity index is 569. The summed E-state index contributed by atoms with van der Waals surface area (Å²) < 4.78 is 0. The number of hydrogen-bond acceptors (Lipinski definition) is 3. The van der Waals surface area contributed by atoms with Gasteiger partial charge in [0, 0.05) is 16.7 Å². The van der Waals surface area contributed by atoms with Crippen LogP contribution in [0.1, 0.15) is 55.5 Å². The van der Waals surface area contributed by atoms with E-state index in [-0.39, 0.29) is 17.3 Å². The number of fused-ring (bicyclic) bond motifs is 1. The second-order valence-corrected chi connectivity index (χ2v) is 5.36. The maximum absolute atomic E-state index is 12.2. The van der Waals surface area contributed by atoms with E-state index in [1.807, 2.05) is 6.92 Å². The zero-order valence-corrected chi connectivity index (χ0v) is 12.0. The van der Waals surface area contributed by atoms with Crippen molar-refractivity contribution in [3.8, 4) is 0 Å². The van der Waals surface area contributed by atoms with E-state index in [1.165, 1.54) is 0 Å². The van der Waals surface area contributed by atoms with Gasteiger partial charge in [0.25, 0.3) is 0 Å². The highest BCUT2D eigenvalue weighted by atomic mass is 16.3. The summed E-state index contributed by atoms with van der Waals surface area (Å²) in [4.78, 5) is 24.3. The molecular weight excluding hydrogens is 252 g/mol. The van der Waals surface area contributed by atoms with Gasteiger partial charge in [0.2, 0.25) is 11.6 Å². The van der Waals surface area contributed by atoms with Gasteiger partial charge in [-0.1, -0.05) is 57.4 Å². The number of carbonyl (C=O) groups is 2. The summed E-state index contributed by atoms with van der Waals surface area (Å²) in [5, 5.41) is 10.3. The molecule has 1 unspecified atom stereocenters. The molecule has 1 aromatic rings. The maximum atomic E-state index is 12.2. The number of ketones is 2. The molecule has 0 saturated carbocycles. The maximum Gasteiger partial charge on any atom is 0.234 e. The normalized spacial score (nSPS) is 16.3. The Morgan fingerprint density at radius 2 is 1.70 bits per heavy atom. The SMILES string of the molecule is CCCCCC(C)C1=C(O)c2ccccc2C(=O)C1=O. The van der Waals surface area contributed by atoms with Crippen LogP contribution in [-0.4, -0.2) is 16.7 Å². The van der Waals surface area contributed by atoms with Crippen molar-refractivity contribution in [1.82, 2.24) is 0 Å². The van der Waals surface area contributed by atoms with Crippen LogP contribution in [0.5, 0.6) is 0 Å². The standard InChI is InChI=1S/C17H20O3/c1-3-4-5-8-11(2)14-15(18)12-9-6-7-10-13(12)16(19)17(14)20/h6-7,9-11,18H,3-5,8H2,1-2H3. The number of carbonyl (C=O) groups excluding carboxylic acids is 2. The third kappa shape index (κ3) is 2.53. The number of unbranched alkanes of at least 4 members (excludes halogenated alkanes) is 2. The lowest BCUT2D eigenvalue weighted by molar-refractivity contribution is -0.112. The van der Waals surface area contributed by atoms with E-state index < -0.39 is 11.6 Å². The summed E-state index contributed by atoms with van der Waals surface area (Å²) >= 11 is 0. The fraction of sp³-hybridized carbons (Fsp3) is 0.412. The molecule has 0 spiro atoms. The fourth-order valence-electron chi connectivity index (χ4n) is 2.69. The van der Waals surface area contributed by atoms with Crippen LogP contribution in [0.2, 0.25) is 0 Å². The highest BCUT2D eigenvalue weighted by Gasteiger charge is 2.34. The van der Waals surface area contributed by atoms with Gasteiger partial charge in [0.1, 0.15) is 5.76 Å². The van der Waals surface area contributed by atoms with Crippen LogP contribution in [0.3, 0.4) is 0 Å². The van der Waals surface area contributed by atoms with E-state index in [9.17, 15) is 14.7 Å². The lowest BCUT2D eigenvalue weighted by Crippen LogP contribution is -2.27. The number of aliphatic hydroxyl groups excluding tert-OH is 1. The Morgan fingerprint density at radius 1 is 1.05 bits per heavy atom. The van der Waals surface area contributed by atoms with Crippen LogP contribution in [0, 0.1) is 5.92 Å². The van der Waals surface area contributed by atoms with Gasteiger partial charge in [-0.25, -0.2) is 0 Å². The summed E-state index contributed by atoms with van der Waals surface area (Å²) in [5.41, 5.74) is 1.07. The van der Waals surface area contributed by atoms with Crippen molar-refractivity contribution in [3.05, 3.63) is 41.0 Å². The zero-order chi connectivity index (χ0) is 14.7. The molecule has 0 heterocycles. The summed E-state index contributed by atoms with van der Waals surface area (Å²) in [6, 6.07) is 6.74. The van der Waals surface area contributed by atoms with Crippen LogP contribution in [0.15, 0.2) is 29.8 Å². The monoisotopic (exact) mass is 272 g/mol. The molecular formula is C17H20O3. The Labute approximate surface area is 119 Å². The second-order valence-electron chi connectivity index (χ2n) is 5.36. The zero-order valence-electron chi connectivity index (χ0n) is 12.0. The first-order valence-electron chi connectivity index (χ1n) is 7.19. The molecule has 1 aliphatic rings. The number of allylic oxidation sites excluding steroid dienone is 1. The van der Waals surface area contributed by atoms with Crippen LogP contribution >= 0.6 is 0 Å². The van der Waals surface area contributed by atoms with Gasteiger partial charge in [-0.3, -0.25) is 9.59 Å². The largest absolute Gasteiger partial charge is 0.507 e. The van der Waals surface area contributed by atoms with Crippen molar-refractivity contribution >= 4 is 17.3 Å². The molecule has 0 amide bonds.